The fraction of sp³-hybridized carbons (Fsp3) is 0.333. The van der Waals surface area contributed by atoms with Crippen LogP contribution in [0.25, 0.3) is 11.1 Å². The Kier molecular flexibility index (Phi) is 4.20. The Morgan fingerprint density at radius 3 is 2.38 bits per heavy atom. The van der Waals surface area contributed by atoms with Gasteiger partial charge in [-0.25, -0.2) is 4.39 Å². The first kappa shape index (κ1) is 14.1. The van der Waals surface area contributed by atoms with Gasteiger partial charge in [-0.05, 0) is 68.4 Å². The molecule has 0 aliphatic carbocycles. The lowest BCUT2D eigenvalue weighted by atomic mass is 10.0. The molecule has 0 saturated carbocycles. The van der Waals surface area contributed by atoms with Crippen LogP contribution < -0.4 is 5.32 Å². The van der Waals surface area contributed by atoms with Crippen molar-refractivity contribution in [2.75, 3.05) is 25.5 Å². The van der Waals surface area contributed by atoms with Crippen LogP contribution in [0.2, 0.25) is 0 Å². The summed E-state index contributed by atoms with van der Waals surface area (Å²) in [5.41, 5.74) is 3.11. The average molecular weight is 284 g/mol. The summed E-state index contributed by atoms with van der Waals surface area (Å²) in [5.74, 6) is -0.193. The molecule has 0 radical (unpaired) electrons. The molecule has 1 heterocycles. The minimum absolute atomic E-state index is 0.193. The van der Waals surface area contributed by atoms with Gasteiger partial charge >= 0.3 is 0 Å². The zero-order valence-electron chi connectivity index (χ0n) is 12.3. The Morgan fingerprint density at radius 1 is 1.00 bits per heavy atom. The van der Waals surface area contributed by atoms with E-state index < -0.39 is 0 Å². The number of nitrogens with one attached hydrogen (secondary N) is 1. The number of likely N-dealkylation sites (tertiary alicyclic amines) is 1. The van der Waals surface area contributed by atoms with E-state index >= 15 is 0 Å². The highest BCUT2D eigenvalue weighted by atomic mass is 19.1. The van der Waals surface area contributed by atoms with Crippen molar-refractivity contribution < 1.29 is 4.39 Å². The van der Waals surface area contributed by atoms with Crippen LogP contribution in [-0.2, 0) is 0 Å². The lowest BCUT2D eigenvalue weighted by Crippen LogP contribution is -2.36. The predicted octanol–water partition coefficient (Wildman–Crippen LogP) is 4.00. The zero-order valence-corrected chi connectivity index (χ0v) is 12.3. The molecule has 0 unspecified atom stereocenters. The van der Waals surface area contributed by atoms with Crippen LogP contribution >= 0.6 is 0 Å². The van der Waals surface area contributed by atoms with E-state index in [1.165, 1.54) is 18.9 Å². The second-order valence-corrected chi connectivity index (χ2v) is 5.81. The van der Waals surface area contributed by atoms with Crippen molar-refractivity contribution in [1.82, 2.24) is 4.90 Å². The normalized spacial score (nSPS) is 16.9. The first-order valence-electron chi connectivity index (χ1n) is 7.52. The highest BCUT2D eigenvalue weighted by Gasteiger charge is 2.16. The molecule has 0 aromatic heterocycles. The standard InChI is InChI=1S/C18H21FN2/c1-21-11-9-18(10-12-21)20-17-7-5-14(6-8-17)15-3-2-4-16(19)13-15/h2-8,13,18,20H,9-12H2,1H3. The number of rotatable bonds is 3. The first-order chi connectivity index (χ1) is 10.2. The topological polar surface area (TPSA) is 15.3 Å². The van der Waals surface area contributed by atoms with Crippen molar-refractivity contribution in [2.45, 2.75) is 18.9 Å². The van der Waals surface area contributed by atoms with E-state index in [4.69, 9.17) is 0 Å². The van der Waals surface area contributed by atoms with Crippen LogP contribution in [0.1, 0.15) is 12.8 Å². The fourth-order valence-corrected chi connectivity index (χ4v) is 2.82. The molecule has 1 aliphatic rings. The molecule has 2 aromatic rings. The molecule has 0 atom stereocenters. The lowest BCUT2D eigenvalue weighted by molar-refractivity contribution is 0.264. The maximum absolute atomic E-state index is 13.3. The summed E-state index contributed by atoms with van der Waals surface area (Å²) >= 11 is 0. The molecule has 0 amide bonds. The second kappa shape index (κ2) is 6.27. The maximum Gasteiger partial charge on any atom is 0.123 e. The third-order valence-corrected chi connectivity index (χ3v) is 4.13. The quantitative estimate of drug-likeness (QED) is 0.916. The summed E-state index contributed by atoms with van der Waals surface area (Å²) in [6, 6.07) is 15.5. The largest absolute Gasteiger partial charge is 0.382 e. The summed E-state index contributed by atoms with van der Waals surface area (Å²) in [4.78, 5) is 2.37. The zero-order chi connectivity index (χ0) is 14.7. The van der Waals surface area contributed by atoms with Gasteiger partial charge < -0.3 is 10.2 Å². The van der Waals surface area contributed by atoms with E-state index in [-0.39, 0.29) is 5.82 Å². The minimum Gasteiger partial charge on any atom is -0.382 e. The molecule has 3 rings (SSSR count). The molecule has 3 heteroatoms. The van der Waals surface area contributed by atoms with Crippen LogP contribution in [0.15, 0.2) is 48.5 Å². The SMILES string of the molecule is CN1CCC(Nc2ccc(-c3cccc(F)c3)cc2)CC1. The van der Waals surface area contributed by atoms with Gasteiger partial charge in [-0.3, -0.25) is 0 Å². The number of anilines is 1. The molecular formula is C18H21FN2. The fourth-order valence-electron chi connectivity index (χ4n) is 2.82. The van der Waals surface area contributed by atoms with Crippen molar-refractivity contribution in [3.63, 3.8) is 0 Å². The van der Waals surface area contributed by atoms with E-state index in [2.05, 4.69) is 29.4 Å². The molecule has 2 nitrogen and oxygen atoms in total. The summed E-state index contributed by atoms with van der Waals surface area (Å²) in [6.45, 7) is 2.30. The molecule has 1 N–H and O–H groups in total. The van der Waals surface area contributed by atoms with Crippen LogP contribution in [0, 0.1) is 5.82 Å². The smallest absolute Gasteiger partial charge is 0.123 e. The van der Waals surface area contributed by atoms with Gasteiger partial charge in [0.05, 0.1) is 0 Å². The van der Waals surface area contributed by atoms with Gasteiger partial charge in [-0.15, -0.1) is 0 Å². The van der Waals surface area contributed by atoms with Crippen LogP contribution in [0.3, 0.4) is 0 Å². The van der Waals surface area contributed by atoms with E-state index in [0.29, 0.717) is 6.04 Å². The van der Waals surface area contributed by atoms with E-state index in [9.17, 15) is 4.39 Å². The van der Waals surface area contributed by atoms with Gasteiger partial charge in [0.25, 0.3) is 0 Å². The van der Waals surface area contributed by atoms with Crippen molar-refractivity contribution in [3.05, 3.63) is 54.3 Å². The van der Waals surface area contributed by atoms with Gasteiger partial charge in [0.1, 0.15) is 5.82 Å². The Labute approximate surface area is 125 Å². The molecule has 1 saturated heterocycles. The van der Waals surface area contributed by atoms with Crippen LogP contribution in [-0.4, -0.2) is 31.1 Å². The van der Waals surface area contributed by atoms with Gasteiger partial charge in [-0.2, -0.15) is 0 Å². The number of halogens is 1. The summed E-state index contributed by atoms with van der Waals surface area (Å²) in [5, 5.41) is 3.59. The molecule has 2 aromatic carbocycles. The maximum atomic E-state index is 13.3. The molecule has 110 valence electrons. The predicted molar refractivity (Wildman–Crippen MR) is 86.0 cm³/mol. The second-order valence-electron chi connectivity index (χ2n) is 5.81. The van der Waals surface area contributed by atoms with Crippen molar-refractivity contribution in [1.29, 1.82) is 0 Å². The number of nitrogens with zero attached hydrogens (tertiary/aromatic N) is 1. The molecule has 21 heavy (non-hydrogen) atoms. The molecule has 1 fully saturated rings. The number of piperidine rings is 1. The minimum atomic E-state index is -0.193. The molecular weight excluding hydrogens is 263 g/mol. The molecule has 0 spiro atoms. The highest BCUT2D eigenvalue weighted by Crippen LogP contribution is 2.23. The Morgan fingerprint density at radius 2 is 1.71 bits per heavy atom. The van der Waals surface area contributed by atoms with Crippen molar-refractivity contribution in [3.8, 4) is 11.1 Å². The van der Waals surface area contributed by atoms with Crippen molar-refractivity contribution >= 4 is 5.69 Å². The highest BCUT2D eigenvalue weighted by molar-refractivity contribution is 5.66. The van der Waals surface area contributed by atoms with Gasteiger partial charge in [0.2, 0.25) is 0 Å². The lowest BCUT2D eigenvalue weighted by Gasteiger charge is -2.30. The van der Waals surface area contributed by atoms with Gasteiger partial charge in [-0.1, -0.05) is 24.3 Å². The van der Waals surface area contributed by atoms with E-state index in [0.717, 1.165) is 29.9 Å². The molecule has 0 bridgehead atoms. The summed E-state index contributed by atoms with van der Waals surface area (Å²) < 4.78 is 13.3. The van der Waals surface area contributed by atoms with Crippen LogP contribution in [0.5, 0.6) is 0 Å². The van der Waals surface area contributed by atoms with Gasteiger partial charge in [0, 0.05) is 11.7 Å². The average Bonchev–Trinajstić information content (AvgIpc) is 2.50. The van der Waals surface area contributed by atoms with E-state index in [1.807, 2.05) is 18.2 Å². The molecule has 1 aliphatic heterocycles. The third kappa shape index (κ3) is 3.61. The van der Waals surface area contributed by atoms with Gasteiger partial charge in [0.15, 0.2) is 0 Å². The Hall–Kier alpha value is -1.87. The first-order valence-corrected chi connectivity index (χ1v) is 7.52. The number of hydrogen-bond donors (Lipinski definition) is 1. The number of hydrogen-bond acceptors (Lipinski definition) is 2. The third-order valence-electron chi connectivity index (χ3n) is 4.13. The Bertz CT molecular complexity index is 586. The number of benzene rings is 2. The summed E-state index contributed by atoms with van der Waals surface area (Å²) in [7, 11) is 2.17. The van der Waals surface area contributed by atoms with E-state index in [1.54, 1.807) is 12.1 Å². The summed E-state index contributed by atoms with van der Waals surface area (Å²) in [6.07, 6.45) is 2.37. The Balaban J connectivity index is 1.67. The van der Waals surface area contributed by atoms with Crippen molar-refractivity contribution in [2.24, 2.45) is 0 Å². The monoisotopic (exact) mass is 284 g/mol. The van der Waals surface area contributed by atoms with Crippen LogP contribution in [0.4, 0.5) is 10.1 Å².